The molecule has 1 aliphatic heterocycles. The molecule has 1 unspecified atom stereocenters. The summed E-state index contributed by atoms with van der Waals surface area (Å²) in [6.07, 6.45) is 3.58. The highest BCUT2D eigenvalue weighted by atomic mass is 32.2. The van der Waals surface area contributed by atoms with E-state index in [2.05, 4.69) is 4.99 Å². The summed E-state index contributed by atoms with van der Waals surface area (Å²) in [6, 6.07) is 16.5. The van der Waals surface area contributed by atoms with Crippen LogP contribution in [0.1, 0.15) is 24.3 Å². The zero-order valence-electron chi connectivity index (χ0n) is 20.5. The number of nitro groups is 1. The third-order valence-corrected chi connectivity index (χ3v) is 7.83. The SMILES string of the molecule is COC(=O)C1=C(C)N=c2sc(=Cc3ccc(-c4cccc([N+](=O)[O-])c4)o3)c(=O)n2C1c1ccc(SC)cc1. The van der Waals surface area contributed by atoms with Crippen molar-refractivity contribution in [2.45, 2.75) is 17.9 Å². The Morgan fingerprint density at radius 1 is 1.21 bits per heavy atom. The van der Waals surface area contributed by atoms with Crippen molar-refractivity contribution in [1.29, 1.82) is 0 Å². The molecular weight excluding hydrogens is 526 g/mol. The van der Waals surface area contributed by atoms with Crippen LogP contribution in [0, 0.1) is 10.1 Å². The number of thiazole rings is 1. The molecule has 5 rings (SSSR count). The smallest absolute Gasteiger partial charge is 0.338 e. The highest BCUT2D eigenvalue weighted by Gasteiger charge is 2.33. The number of non-ortho nitro benzene ring substituents is 1. The lowest BCUT2D eigenvalue weighted by Gasteiger charge is -2.24. The van der Waals surface area contributed by atoms with Crippen molar-refractivity contribution >= 4 is 40.8 Å². The lowest BCUT2D eigenvalue weighted by molar-refractivity contribution is -0.384. The monoisotopic (exact) mass is 547 g/mol. The third kappa shape index (κ3) is 4.61. The normalized spacial score (nSPS) is 15.2. The van der Waals surface area contributed by atoms with Crippen LogP contribution in [0.4, 0.5) is 5.69 Å². The van der Waals surface area contributed by atoms with Crippen molar-refractivity contribution in [1.82, 2.24) is 4.57 Å². The number of nitrogens with zero attached hydrogens (tertiary/aromatic N) is 3. The summed E-state index contributed by atoms with van der Waals surface area (Å²) < 4.78 is 12.8. The summed E-state index contributed by atoms with van der Waals surface area (Å²) in [5, 5.41) is 11.1. The Balaban J connectivity index is 1.61. The van der Waals surface area contributed by atoms with E-state index in [1.165, 1.54) is 35.1 Å². The fourth-order valence-electron chi connectivity index (χ4n) is 4.28. The molecule has 0 saturated carbocycles. The Kier molecular flexibility index (Phi) is 6.87. The summed E-state index contributed by atoms with van der Waals surface area (Å²) in [4.78, 5) is 43.2. The van der Waals surface area contributed by atoms with Crippen LogP contribution in [-0.4, -0.2) is 28.8 Å². The number of hydrogen-bond donors (Lipinski definition) is 0. The fourth-order valence-corrected chi connectivity index (χ4v) is 5.72. The number of furan rings is 1. The largest absolute Gasteiger partial charge is 0.466 e. The van der Waals surface area contributed by atoms with Gasteiger partial charge in [-0.3, -0.25) is 19.5 Å². The van der Waals surface area contributed by atoms with Gasteiger partial charge < -0.3 is 9.15 Å². The first-order valence-corrected chi connectivity index (χ1v) is 13.4. The minimum absolute atomic E-state index is 0.0453. The quantitative estimate of drug-likeness (QED) is 0.153. The summed E-state index contributed by atoms with van der Waals surface area (Å²) in [6.45, 7) is 1.73. The molecule has 3 heterocycles. The second kappa shape index (κ2) is 10.3. The number of rotatable bonds is 6. The van der Waals surface area contributed by atoms with E-state index < -0.39 is 16.9 Å². The van der Waals surface area contributed by atoms with Crippen LogP contribution >= 0.6 is 23.1 Å². The Morgan fingerprint density at radius 3 is 2.66 bits per heavy atom. The van der Waals surface area contributed by atoms with Gasteiger partial charge in [-0.1, -0.05) is 35.6 Å². The fraction of sp³-hybridized carbons (Fsp3) is 0.148. The molecule has 38 heavy (non-hydrogen) atoms. The molecular formula is C27H21N3O6S2. The number of carbonyl (C=O) groups excluding carboxylic acids is 1. The Morgan fingerprint density at radius 2 is 1.97 bits per heavy atom. The number of thioether (sulfide) groups is 1. The molecule has 1 aliphatic rings. The van der Waals surface area contributed by atoms with Crippen LogP contribution in [0.15, 0.2) is 91.0 Å². The molecule has 0 radical (unpaired) electrons. The van der Waals surface area contributed by atoms with Gasteiger partial charge in [0.2, 0.25) is 0 Å². The first-order chi connectivity index (χ1) is 18.3. The molecule has 0 saturated heterocycles. The molecule has 0 amide bonds. The van der Waals surface area contributed by atoms with E-state index in [-0.39, 0.29) is 11.2 Å². The van der Waals surface area contributed by atoms with Gasteiger partial charge in [-0.15, -0.1) is 11.8 Å². The summed E-state index contributed by atoms with van der Waals surface area (Å²) in [5.41, 5.74) is 1.72. The van der Waals surface area contributed by atoms with Crippen LogP contribution in [0.5, 0.6) is 0 Å². The van der Waals surface area contributed by atoms with Gasteiger partial charge in [0.15, 0.2) is 4.80 Å². The van der Waals surface area contributed by atoms with Crippen molar-refractivity contribution in [2.75, 3.05) is 13.4 Å². The van der Waals surface area contributed by atoms with Gasteiger partial charge >= 0.3 is 5.97 Å². The Labute approximate surface area is 224 Å². The van der Waals surface area contributed by atoms with Crippen molar-refractivity contribution in [2.24, 2.45) is 4.99 Å². The minimum atomic E-state index is -0.700. The third-order valence-electron chi connectivity index (χ3n) is 6.10. The molecule has 2 aromatic heterocycles. The van der Waals surface area contributed by atoms with Gasteiger partial charge in [-0.2, -0.15) is 0 Å². The van der Waals surface area contributed by atoms with Crippen molar-refractivity contribution < 1.29 is 18.9 Å². The van der Waals surface area contributed by atoms with Gasteiger partial charge in [0.1, 0.15) is 11.5 Å². The number of ether oxygens (including phenoxy) is 1. The summed E-state index contributed by atoms with van der Waals surface area (Å²) >= 11 is 2.78. The van der Waals surface area contributed by atoms with Crippen LogP contribution in [-0.2, 0) is 9.53 Å². The molecule has 0 bridgehead atoms. The zero-order chi connectivity index (χ0) is 27.0. The first kappa shape index (κ1) is 25.4. The number of hydrogen-bond acceptors (Lipinski definition) is 9. The first-order valence-electron chi connectivity index (χ1n) is 11.4. The van der Waals surface area contributed by atoms with Gasteiger partial charge in [-0.25, -0.2) is 9.79 Å². The molecule has 0 N–H and O–H groups in total. The van der Waals surface area contributed by atoms with Gasteiger partial charge in [0, 0.05) is 28.7 Å². The molecule has 1 atom stereocenters. The van der Waals surface area contributed by atoms with Gasteiger partial charge in [0.25, 0.3) is 11.2 Å². The van der Waals surface area contributed by atoms with Crippen LogP contribution < -0.4 is 14.9 Å². The lowest BCUT2D eigenvalue weighted by atomic mass is 9.96. The molecule has 0 spiro atoms. The second-order valence-electron chi connectivity index (χ2n) is 8.36. The van der Waals surface area contributed by atoms with Crippen LogP contribution in [0.2, 0.25) is 0 Å². The number of carbonyl (C=O) groups is 1. The molecule has 0 aliphatic carbocycles. The number of nitro benzene ring substituents is 1. The predicted molar refractivity (Wildman–Crippen MR) is 145 cm³/mol. The van der Waals surface area contributed by atoms with E-state index in [9.17, 15) is 19.7 Å². The van der Waals surface area contributed by atoms with Crippen LogP contribution in [0.25, 0.3) is 17.4 Å². The standard InChI is InChI=1S/C27H21N3O6S2/c1-15-23(26(32)35-2)24(16-7-10-20(37-3)11-8-16)29-25(31)22(38-27(29)28-15)14-19-9-12-21(36-19)17-5-4-6-18(13-17)30(33)34/h4-14,24H,1-3H3. The van der Waals surface area contributed by atoms with Crippen LogP contribution in [0.3, 0.4) is 0 Å². The number of esters is 1. The van der Waals surface area contributed by atoms with E-state index in [1.54, 1.807) is 49.0 Å². The number of benzene rings is 2. The molecule has 4 aromatic rings. The minimum Gasteiger partial charge on any atom is -0.466 e. The summed E-state index contributed by atoms with van der Waals surface area (Å²) in [5.74, 6) is 0.289. The maximum atomic E-state index is 13.7. The molecule has 9 nitrogen and oxygen atoms in total. The predicted octanol–water partition coefficient (Wildman–Crippen LogP) is 4.30. The summed E-state index contributed by atoms with van der Waals surface area (Å²) in [7, 11) is 1.30. The van der Waals surface area contributed by atoms with Crippen molar-refractivity contribution in [3.05, 3.63) is 113 Å². The lowest BCUT2D eigenvalue weighted by Crippen LogP contribution is -2.39. The topological polar surface area (TPSA) is 117 Å². The highest BCUT2D eigenvalue weighted by Crippen LogP contribution is 2.31. The molecule has 192 valence electrons. The molecule has 11 heteroatoms. The maximum absolute atomic E-state index is 13.7. The highest BCUT2D eigenvalue weighted by molar-refractivity contribution is 7.98. The van der Waals surface area contributed by atoms with E-state index in [0.717, 1.165) is 10.5 Å². The van der Waals surface area contributed by atoms with Crippen molar-refractivity contribution in [3.63, 3.8) is 0 Å². The average molecular weight is 548 g/mol. The van der Waals surface area contributed by atoms with Gasteiger partial charge in [-0.05, 0) is 43.0 Å². The van der Waals surface area contributed by atoms with E-state index in [4.69, 9.17) is 9.15 Å². The molecule has 0 fully saturated rings. The Hall–Kier alpha value is -4.22. The van der Waals surface area contributed by atoms with Gasteiger partial charge in [0.05, 0.1) is 33.9 Å². The second-order valence-corrected chi connectivity index (χ2v) is 10.2. The number of aromatic nitrogens is 1. The number of allylic oxidation sites excluding steroid dienone is 1. The van der Waals surface area contributed by atoms with Crippen molar-refractivity contribution in [3.8, 4) is 11.3 Å². The average Bonchev–Trinajstić information content (AvgIpc) is 3.52. The maximum Gasteiger partial charge on any atom is 0.338 e. The molecule has 2 aromatic carbocycles. The van der Waals surface area contributed by atoms with E-state index in [1.807, 2.05) is 30.5 Å². The Bertz CT molecular complexity index is 1780. The zero-order valence-corrected chi connectivity index (χ0v) is 22.2. The number of methoxy groups -OCH3 is 1. The number of fused-ring (bicyclic) bond motifs is 1. The van der Waals surface area contributed by atoms with E-state index >= 15 is 0 Å². The van der Waals surface area contributed by atoms with E-state index in [0.29, 0.717) is 37.7 Å².